The fourth-order valence-corrected chi connectivity index (χ4v) is 4.08. The molecule has 0 atom stereocenters. The molecule has 0 aliphatic carbocycles. The quantitative estimate of drug-likeness (QED) is 0.335. The number of anilines is 1. The van der Waals surface area contributed by atoms with Crippen molar-refractivity contribution in [2.24, 2.45) is 0 Å². The van der Waals surface area contributed by atoms with E-state index in [0.29, 0.717) is 5.69 Å². The maximum absolute atomic E-state index is 12.8. The molecule has 2 aromatic heterocycles. The van der Waals surface area contributed by atoms with Crippen LogP contribution >= 0.6 is 0 Å². The molecular formula is C27H24N4O. The van der Waals surface area contributed by atoms with E-state index in [4.69, 9.17) is 0 Å². The van der Waals surface area contributed by atoms with Crippen molar-refractivity contribution in [3.8, 4) is 11.8 Å². The third-order valence-electron chi connectivity index (χ3n) is 5.46. The minimum atomic E-state index is -0.418. The average Bonchev–Trinajstić information content (AvgIpc) is 3.03. The molecule has 4 rings (SSSR count). The Hall–Kier alpha value is -4.17. The van der Waals surface area contributed by atoms with Gasteiger partial charge in [0.1, 0.15) is 11.6 Å². The van der Waals surface area contributed by atoms with Crippen molar-refractivity contribution in [2.75, 3.05) is 5.32 Å². The smallest absolute Gasteiger partial charge is 0.266 e. The lowest BCUT2D eigenvalue weighted by Crippen LogP contribution is -2.13. The zero-order chi connectivity index (χ0) is 22.8. The molecule has 1 amide bonds. The molecule has 0 aliphatic rings. The average molecular weight is 421 g/mol. The van der Waals surface area contributed by atoms with Gasteiger partial charge in [0.05, 0.1) is 5.52 Å². The van der Waals surface area contributed by atoms with Gasteiger partial charge in [0, 0.05) is 34.3 Å². The molecule has 0 unspecified atom stereocenters. The number of hydrogen-bond acceptors (Lipinski definition) is 3. The summed E-state index contributed by atoms with van der Waals surface area (Å²) in [6.45, 7) is 7.95. The number of aromatic nitrogens is 2. The maximum Gasteiger partial charge on any atom is 0.266 e. The Labute approximate surface area is 187 Å². The second-order valence-electron chi connectivity index (χ2n) is 8.04. The number of nitrogens with one attached hydrogen (secondary N) is 1. The molecule has 0 radical (unpaired) electrons. The minimum absolute atomic E-state index is 0.0621. The first-order valence-electron chi connectivity index (χ1n) is 10.4. The van der Waals surface area contributed by atoms with Gasteiger partial charge in [0.25, 0.3) is 5.91 Å². The third kappa shape index (κ3) is 4.17. The molecule has 0 bridgehead atoms. The van der Waals surface area contributed by atoms with Crippen molar-refractivity contribution in [1.82, 2.24) is 9.55 Å². The first kappa shape index (κ1) is 21.1. The molecule has 4 aromatic rings. The first-order chi connectivity index (χ1) is 15.4. The van der Waals surface area contributed by atoms with E-state index in [2.05, 4.69) is 27.0 Å². The largest absolute Gasteiger partial charge is 0.321 e. The van der Waals surface area contributed by atoms with Gasteiger partial charge in [-0.2, -0.15) is 5.26 Å². The van der Waals surface area contributed by atoms with Crippen molar-refractivity contribution in [3.63, 3.8) is 0 Å². The van der Waals surface area contributed by atoms with Crippen molar-refractivity contribution in [2.45, 2.75) is 27.7 Å². The normalized spacial score (nSPS) is 11.4. The van der Waals surface area contributed by atoms with Crippen molar-refractivity contribution in [3.05, 3.63) is 94.4 Å². The van der Waals surface area contributed by atoms with Crippen LogP contribution in [0.5, 0.6) is 0 Å². The highest BCUT2D eigenvalue weighted by molar-refractivity contribution is 6.09. The predicted molar refractivity (Wildman–Crippen MR) is 129 cm³/mol. The SMILES string of the molecule is Cc1cc(C)cc(NC(=O)/C(C#N)=C\c2cc(C)n(-c3ccc4ncccc4c3)c2C)c1. The Morgan fingerprint density at radius 1 is 1.03 bits per heavy atom. The lowest BCUT2D eigenvalue weighted by Gasteiger charge is -2.11. The van der Waals surface area contributed by atoms with Crippen LogP contribution < -0.4 is 5.32 Å². The van der Waals surface area contributed by atoms with Crippen molar-refractivity contribution in [1.29, 1.82) is 5.26 Å². The van der Waals surface area contributed by atoms with Crippen LogP contribution in [0.15, 0.2) is 66.4 Å². The van der Waals surface area contributed by atoms with E-state index in [1.807, 2.05) is 76.2 Å². The summed E-state index contributed by atoms with van der Waals surface area (Å²) in [7, 11) is 0. The number of benzene rings is 2. The topological polar surface area (TPSA) is 70.7 Å². The number of nitriles is 1. The van der Waals surface area contributed by atoms with Gasteiger partial charge in [-0.05, 0) is 92.9 Å². The van der Waals surface area contributed by atoms with E-state index in [1.54, 1.807) is 12.3 Å². The Morgan fingerprint density at radius 2 is 1.78 bits per heavy atom. The lowest BCUT2D eigenvalue weighted by molar-refractivity contribution is -0.112. The third-order valence-corrected chi connectivity index (χ3v) is 5.46. The van der Waals surface area contributed by atoms with E-state index < -0.39 is 5.91 Å². The number of aryl methyl sites for hydroxylation is 3. The van der Waals surface area contributed by atoms with Crippen molar-refractivity contribution < 1.29 is 4.79 Å². The van der Waals surface area contributed by atoms with E-state index >= 15 is 0 Å². The number of pyridine rings is 1. The summed E-state index contributed by atoms with van der Waals surface area (Å²) in [5.74, 6) is -0.418. The highest BCUT2D eigenvalue weighted by Gasteiger charge is 2.14. The van der Waals surface area contributed by atoms with Crippen LogP contribution in [0.3, 0.4) is 0 Å². The molecule has 2 aromatic carbocycles. The van der Waals surface area contributed by atoms with Gasteiger partial charge in [-0.25, -0.2) is 0 Å². The summed E-state index contributed by atoms with van der Waals surface area (Å²) in [5, 5.41) is 13.6. The molecule has 0 aliphatic heterocycles. The van der Waals surface area contributed by atoms with Crippen LogP contribution in [0, 0.1) is 39.0 Å². The molecule has 0 spiro atoms. The number of carbonyl (C=O) groups is 1. The second kappa shape index (κ2) is 8.52. The highest BCUT2D eigenvalue weighted by atomic mass is 16.1. The summed E-state index contributed by atoms with van der Waals surface area (Å²) in [4.78, 5) is 17.2. The fourth-order valence-electron chi connectivity index (χ4n) is 4.08. The second-order valence-corrected chi connectivity index (χ2v) is 8.04. The summed E-state index contributed by atoms with van der Waals surface area (Å²) in [5.41, 5.74) is 7.61. The van der Waals surface area contributed by atoms with Gasteiger partial charge >= 0.3 is 0 Å². The summed E-state index contributed by atoms with van der Waals surface area (Å²) >= 11 is 0. The van der Waals surface area contributed by atoms with E-state index in [9.17, 15) is 10.1 Å². The van der Waals surface area contributed by atoms with E-state index in [1.165, 1.54) is 0 Å². The lowest BCUT2D eigenvalue weighted by atomic mass is 10.1. The minimum Gasteiger partial charge on any atom is -0.321 e. The Morgan fingerprint density at radius 3 is 2.50 bits per heavy atom. The monoisotopic (exact) mass is 420 g/mol. The van der Waals surface area contributed by atoms with E-state index in [-0.39, 0.29) is 5.57 Å². The first-order valence-corrected chi connectivity index (χ1v) is 10.4. The van der Waals surface area contributed by atoms with Gasteiger partial charge < -0.3 is 9.88 Å². The standard InChI is InChI=1S/C27H24N4O/c1-17-10-18(2)12-24(11-17)30-27(32)23(16-28)14-22-13-19(3)31(20(22)4)25-7-8-26-21(15-25)6-5-9-29-26/h5-15H,1-4H3,(H,30,32)/b23-14-. The zero-order valence-corrected chi connectivity index (χ0v) is 18.6. The molecule has 5 heteroatoms. The van der Waals surface area contributed by atoms with Gasteiger partial charge in [-0.1, -0.05) is 12.1 Å². The van der Waals surface area contributed by atoms with Crippen LogP contribution in [-0.2, 0) is 4.79 Å². The number of hydrogen-bond donors (Lipinski definition) is 1. The van der Waals surface area contributed by atoms with Crippen LogP contribution in [0.4, 0.5) is 5.69 Å². The maximum atomic E-state index is 12.8. The molecule has 158 valence electrons. The van der Waals surface area contributed by atoms with Gasteiger partial charge in [-0.3, -0.25) is 9.78 Å². The number of rotatable bonds is 4. The number of carbonyl (C=O) groups excluding carboxylic acids is 1. The van der Waals surface area contributed by atoms with Gasteiger partial charge in [0.2, 0.25) is 0 Å². The van der Waals surface area contributed by atoms with Crippen LogP contribution in [-0.4, -0.2) is 15.5 Å². The van der Waals surface area contributed by atoms with Gasteiger partial charge in [-0.15, -0.1) is 0 Å². The number of nitrogens with zero attached hydrogens (tertiary/aromatic N) is 3. The molecule has 0 saturated carbocycles. The predicted octanol–water partition coefficient (Wildman–Crippen LogP) is 5.80. The molecule has 5 nitrogen and oxygen atoms in total. The molecule has 0 saturated heterocycles. The summed E-state index contributed by atoms with van der Waals surface area (Å²) in [6, 6.07) is 19.9. The van der Waals surface area contributed by atoms with E-state index in [0.717, 1.165) is 44.7 Å². The molecule has 32 heavy (non-hydrogen) atoms. The summed E-state index contributed by atoms with van der Waals surface area (Å²) in [6.07, 6.45) is 3.43. The van der Waals surface area contributed by atoms with Crippen LogP contribution in [0.1, 0.15) is 28.1 Å². The van der Waals surface area contributed by atoms with Crippen LogP contribution in [0.25, 0.3) is 22.7 Å². The number of amides is 1. The molecule has 0 fully saturated rings. The van der Waals surface area contributed by atoms with Crippen LogP contribution in [0.2, 0.25) is 0 Å². The molecule has 1 N–H and O–H groups in total. The molecule has 2 heterocycles. The fraction of sp³-hybridized carbons (Fsp3) is 0.148. The molecular weight excluding hydrogens is 396 g/mol. The number of fused-ring (bicyclic) bond motifs is 1. The van der Waals surface area contributed by atoms with Gasteiger partial charge in [0.15, 0.2) is 0 Å². The zero-order valence-electron chi connectivity index (χ0n) is 18.6. The highest BCUT2D eigenvalue weighted by Crippen LogP contribution is 2.25. The Balaban J connectivity index is 1.68. The Kier molecular flexibility index (Phi) is 5.61. The van der Waals surface area contributed by atoms with Crippen molar-refractivity contribution >= 4 is 28.6 Å². The summed E-state index contributed by atoms with van der Waals surface area (Å²) < 4.78 is 2.12. The Bertz CT molecular complexity index is 1400.